The lowest BCUT2D eigenvalue weighted by Gasteiger charge is -2.24. The Hall–Kier alpha value is -3.74. The zero-order valence-electron chi connectivity index (χ0n) is 17.7. The SMILES string of the molecule is Cc1ccc(C)c(N2N=C(C(=O)NCc3ccc(Cn4ccnc4)cc3)CCC2=O)c1. The van der Waals surface area contributed by atoms with Gasteiger partial charge in [0.15, 0.2) is 0 Å². The number of amides is 2. The third-order valence-corrected chi connectivity index (χ3v) is 5.29. The minimum absolute atomic E-state index is 0.0984. The first-order valence-corrected chi connectivity index (χ1v) is 10.3. The van der Waals surface area contributed by atoms with Crippen LogP contribution in [0.4, 0.5) is 5.69 Å². The molecular weight excluding hydrogens is 390 g/mol. The summed E-state index contributed by atoms with van der Waals surface area (Å²) < 4.78 is 2.00. The van der Waals surface area contributed by atoms with Crippen molar-refractivity contribution in [3.8, 4) is 0 Å². The van der Waals surface area contributed by atoms with Crippen molar-refractivity contribution in [2.24, 2.45) is 5.10 Å². The van der Waals surface area contributed by atoms with Crippen LogP contribution in [0.5, 0.6) is 0 Å². The first-order valence-electron chi connectivity index (χ1n) is 10.3. The summed E-state index contributed by atoms with van der Waals surface area (Å²) >= 11 is 0. The van der Waals surface area contributed by atoms with Crippen LogP contribution in [0.15, 0.2) is 66.3 Å². The first kappa shape index (κ1) is 20.5. The summed E-state index contributed by atoms with van der Waals surface area (Å²) in [7, 11) is 0. The lowest BCUT2D eigenvalue weighted by molar-refractivity contribution is -0.119. The maximum atomic E-state index is 12.7. The average Bonchev–Trinajstić information content (AvgIpc) is 3.28. The number of hydrogen-bond acceptors (Lipinski definition) is 4. The molecule has 0 unspecified atom stereocenters. The second-order valence-corrected chi connectivity index (χ2v) is 7.78. The minimum Gasteiger partial charge on any atom is -0.347 e. The third-order valence-electron chi connectivity index (χ3n) is 5.29. The molecule has 158 valence electrons. The zero-order valence-corrected chi connectivity index (χ0v) is 17.7. The monoisotopic (exact) mass is 415 g/mol. The molecule has 0 spiro atoms. The van der Waals surface area contributed by atoms with Crippen LogP contribution in [0.25, 0.3) is 0 Å². The molecule has 4 rings (SSSR count). The van der Waals surface area contributed by atoms with Crippen molar-refractivity contribution >= 4 is 23.2 Å². The average molecular weight is 415 g/mol. The Kier molecular flexibility index (Phi) is 5.93. The molecule has 7 heteroatoms. The van der Waals surface area contributed by atoms with Gasteiger partial charge in [-0.25, -0.2) is 9.99 Å². The molecule has 2 heterocycles. The van der Waals surface area contributed by atoms with Gasteiger partial charge in [-0.1, -0.05) is 36.4 Å². The molecule has 2 amide bonds. The Balaban J connectivity index is 1.41. The lowest BCUT2D eigenvalue weighted by atomic mass is 10.1. The van der Waals surface area contributed by atoms with E-state index in [0.29, 0.717) is 18.7 Å². The summed E-state index contributed by atoms with van der Waals surface area (Å²) in [4.78, 5) is 29.2. The van der Waals surface area contributed by atoms with Crippen LogP contribution in [0.1, 0.15) is 35.1 Å². The summed E-state index contributed by atoms with van der Waals surface area (Å²) in [5, 5.41) is 8.67. The van der Waals surface area contributed by atoms with E-state index in [1.54, 1.807) is 12.5 Å². The molecule has 1 aromatic heterocycles. The molecule has 1 aliphatic rings. The first-order chi connectivity index (χ1) is 15.0. The fraction of sp³-hybridized carbons (Fsp3) is 0.250. The fourth-order valence-electron chi connectivity index (χ4n) is 3.49. The van der Waals surface area contributed by atoms with Gasteiger partial charge in [-0.2, -0.15) is 5.10 Å². The Morgan fingerprint density at radius 3 is 2.58 bits per heavy atom. The maximum Gasteiger partial charge on any atom is 0.267 e. The molecule has 31 heavy (non-hydrogen) atoms. The highest BCUT2D eigenvalue weighted by atomic mass is 16.2. The van der Waals surface area contributed by atoms with E-state index in [2.05, 4.69) is 15.4 Å². The number of anilines is 1. The van der Waals surface area contributed by atoms with Crippen LogP contribution in [0, 0.1) is 13.8 Å². The van der Waals surface area contributed by atoms with Gasteiger partial charge in [0.05, 0.1) is 12.0 Å². The summed E-state index contributed by atoms with van der Waals surface area (Å²) in [6.45, 7) is 5.06. The predicted molar refractivity (Wildman–Crippen MR) is 120 cm³/mol. The van der Waals surface area contributed by atoms with Gasteiger partial charge in [-0.3, -0.25) is 9.59 Å². The molecule has 3 aromatic rings. The number of imidazole rings is 1. The van der Waals surface area contributed by atoms with Crippen LogP contribution < -0.4 is 10.3 Å². The summed E-state index contributed by atoms with van der Waals surface area (Å²) in [6, 6.07) is 14.0. The number of hydrazone groups is 1. The van der Waals surface area contributed by atoms with Gasteiger partial charge in [0.2, 0.25) is 5.91 Å². The maximum absolute atomic E-state index is 12.7. The Morgan fingerprint density at radius 2 is 1.84 bits per heavy atom. The summed E-state index contributed by atoms with van der Waals surface area (Å²) in [5.74, 6) is -0.343. The number of benzene rings is 2. The standard InChI is InChI=1S/C24H25N5O2/c1-17-3-4-18(2)22(13-17)29-23(30)10-9-21(27-29)24(31)26-14-19-5-7-20(8-6-19)15-28-12-11-25-16-28/h3-8,11-13,16H,9-10,14-15H2,1-2H3,(H,26,31). The van der Waals surface area contributed by atoms with Crippen molar-refractivity contribution in [1.82, 2.24) is 14.9 Å². The van der Waals surface area contributed by atoms with Gasteiger partial charge < -0.3 is 9.88 Å². The molecule has 0 fully saturated rings. The number of aryl methyl sites for hydroxylation is 2. The van der Waals surface area contributed by atoms with Gasteiger partial charge >= 0.3 is 0 Å². The van der Waals surface area contributed by atoms with Gasteiger partial charge in [0.25, 0.3) is 5.91 Å². The molecule has 2 aromatic carbocycles. The van der Waals surface area contributed by atoms with Crippen LogP contribution in [0.2, 0.25) is 0 Å². The van der Waals surface area contributed by atoms with E-state index in [0.717, 1.165) is 34.5 Å². The highest BCUT2D eigenvalue weighted by Gasteiger charge is 2.26. The van der Waals surface area contributed by atoms with Crippen LogP contribution >= 0.6 is 0 Å². The highest BCUT2D eigenvalue weighted by Crippen LogP contribution is 2.25. The fourth-order valence-corrected chi connectivity index (χ4v) is 3.49. The van der Waals surface area contributed by atoms with Crippen LogP contribution in [-0.4, -0.2) is 27.1 Å². The molecule has 7 nitrogen and oxygen atoms in total. The molecule has 0 aliphatic carbocycles. The smallest absolute Gasteiger partial charge is 0.267 e. The number of aromatic nitrogens is 2. The second kappa shape index (κ2) is 8.95. The molecule has 0 bridgehead atoms. The highest BCUT2D eigenvalue weighted by molar-refractivity contribution is 6.40. The van der Waals surface area contributed by atoms with Gasteiger partial charge in [-0.15, -0.1) is 0 Å². The van der Waals surface area contributed by atoms with Crippen molar-refractivity contribution < 1.29 is 9.59 Å². The summed E-state index contributed by atoms with van der Waals surface area (Å²) in [6.07, 6.45) is 6.07. The normalized spacial score (nSPS) is 13.8. The van der Waals surface area contributed by atoms with Crippen molar-refractivity contribution in [2.75, 3.05) is 5.01 Å². The van der Waals surface area contributed by atoms with Gasteiger partial charge in [0, 0.05) is 38.3 Å². The van der Waals surface area contributed by atoms with E-state index in [1.807, 2.05) is 67.1 Å². The number of nitrogens with zero attached hydrogens (tertiary/aromatic N) is 4. The molecule has 1 N–H and O–H groups in total. The van der Waals surface area contributed by atoms with Crippen molar-refractivity contribution in [2.45, 2.75) is 39.8 Å². The Bertz CT molecular complexity index is 1120. The van der Waals surface area contributed by atoms with Crippen molar-refractivity contribution in [1.29, 1.82) is 0 Å². The number of carbonyl (C=O) groups excluding carboxylic acids is 2. The second-order valence-electron chi connectivity index (χ2n) is 7.78. The van der Waals surface area contributed by atoms with Gasteiger partial charge in [-0.05, 0) is 42.2 Å². The quantitative estimate of drug-likeness (QED) is 0.671. The van der Waals surface area contributed by atoms with Crippen LogP contribution in [0.3, 0.4) is 0 Å². The lowest BCUT2D eigenvalue weighted by Crippen LogP contribution is -2.39. The molecule has 0 saturated carbocycles. The Labute approximate surface area is 181 Å². The van der Waals surface area contributed by atoms with Crippen molar-refractivity contribution in [3.63, 3.8) is 0 Å². The molecule has 0 saturated heterocycles. The molecular formula is C24H25N5O2. The minimum atomic E-state index is -0.245. The molecule has 0 atom stereocenters. The number of hydrogen-bond donors (Lipinski definition) is 1. The largest absolute Gasteiger partial charge is 0.347 e. The zero-order chi connectivity index (χ0) is 21.8. The van der Waals surface area contributed by atoms with Gasteiger partial charge in [0.1, 0.15) is 5.71 Å². The third kappa shape index (κ3) is 4.88. The van der Waals surface area contributed by atoms with E-state index in [9.17, 15) is 9.59 Å². The predicted octanol–water partition coefficient (Wildman–Crippen LogP) is 3.35. The van der Waals surface area contributed by atoms with Crippen LogP contribution in [-0.2, 0) is 22.7 Å². The number of rotatable bonds is 6. The van der Waals surface area contributed by atoms with Crippen molar-refractivity contribution in [3.05, 3.63) is 83.4 Å². The number of nitrogens with one attached hydrogen (secondary N) is 1. The molecule has 0 radical (unpaired) electrons. The summed E-state index contributed by atoms with van der Waals surface area (Å²) in [5.41, 5.74) is 5.24. The van der Waals surface area contributed by atoms with E-state index < -0.39 is 0 Å². The van der Waals surface area contributed by atoms with E-state index in [-0.39, 0.29) is 18.2 Å². The number of carbonyl (C=O) groups is 2. The molecule has 1 aliphatic heterocycles. The van der Waals surface area contributed by atoms with E-state index in [4.69, 9.17) is 0 Å². The van der Waals surface area contributed by atoms with E-state index in [1.165, 1.54) is 5.01 Å². The topological polar surface area (TPSA) is 79.6 Å². The Morgan fingerprint density at radius 1 is 1.06 bits per heavy atom. The van der Waals surface area contributed by atoms with E-state index >= 15 is 0 Å².